The van der Waals surface area contributed by atoms with Crippen LogP contribution in [-0.4, -0.2) is 22.8 Å². The first-order valence-electron chi connectivity index (χ1n) is 6.15. The smallest absolute Gasteiger partial charge is 0.0237 e. The molecule has 1 aliphatic rings. The highest BCUT2D eigenvalue weighted by Gasteiger charge is 2.20. The third-order valence-corrected chi connectivity index (χ3v) is 4.14. The number of piperidine rings is 1. The van der Waals surface area contributed by atoms with Gasteiger partial charge in [-0.2, -0.15) is 0 Å². The normalized spacial score (nSPS) is 22.2. The fraction of sp³-hybridized carbons (Fsp3) is 0.571. The Labute approximate surface area is 107 Å². The molecule has 1 aliphatic heterocycles. The molecule has 0 spiro atoms. The zero-order chi connectivity index (χ0) is 11.4. The quantitative estimate of drug-likeness (QED) is 0.763. The zero-order valence-electron chi connectivity index (χ0n) is 9.95. The number of likely N-dealkylation sites (tertiary alicyclic amines) is 1. The highest BCUT2D eigenvalue weighted by Crippen LogP contribution is 2.21. The second kappa shape index (κ2) is 5.83. The summed E-state index contributed by atoms with van der Waals surface area (Å²) in [6.45, 7) is 4.53. The summed E-state index contributed by atoms with van der Waals surface area (Å²) < 4.78 is 0. The fourth-order valence-corrected chi connectivity index (χ4v) is 3.22. The highest BCUT2D eigenvalue weighted by molar-refractivity contribution is 9.09. The van der Waals surface area contributed by atoms with E-state index in [1.54, 1.807) is 0 Å². The Balaban J connectivity index is 2.02. The van der Waals surface area contributed by atoms with Crippen molar-refractivity contribution in [3.8, 4) is 0 Å². The van der Waals surface area contributed by atoms with Gasteiger partial charge in [0.15, 0.2) is 0 Å². The van der Waals surface area contributed by atoms with Gasteiger partial charge in [0.1, 0.15) is 0 Å². The molecule has 0 aliphatic carbocycles. The Morgan fingerprint density at radius 2 is 2.25 bits per heavy atom. The lowest BCUT2D eigenvalue weighted by Gasteiger charge is -2.34. The number of nitrogens with zero attached hydrogens (tertiary/aromatic N) is 1. The lowest BCUT2D eigenvalue weighted by Crippen LogP contribution is -2.39. The first-order chi connectivity index (χ1) is 7.79. The van der Waals surface area contributed by atoms with Crippen LogP contribution >= 0.6 is 15.9 Å². The first-order valence-corrected chi connectivity index (χ1v) is 7.27. The molecule has 0 amide bonds. The highest BCUT2D eigenvalue weighted by atomic mass is 79.9. The minimum absolute atomic E-state index is 0.731. The maximum Gasteiger partial charge on any atom is 0.0237 e. The number of halogens is 1. The molecule has 0 bridgehead atoms. The van der Waals surface area contributed by atoms with Crippen molar-refractivity contribution in [2.75, 3.05) is 11.9 Å². The lowest BCUT2D eigenvalue weighted by atomic mass is 10.0. The molecule has 1 heterocycles. The van der Waals surface area contributed by atoms with Crippen molar-refractivity contribution in [1.82, 2.24) is 4.90 Å². The molecule has 1 aromatic rings. The van der Waals surface area contributed by atoms with Crippen molar-refractivity contribution in [3.63, 3.8) is 0 Å². The second-order valence-electron chi connectivity index (χ2n) is 4.76. The minimum atomic E-state index is 0.731. The van der Waals surface area contributed by atoms with E-state index in [0.717, 1.165) is 17.9 Å². The molecular formula is C14H20BrN. The number of hydrogen-bond acceptors (Lipinski definition) is 1. The molecule has 2 heteroatoms. The van der Waals surface area contributed by atoms with Crippen LogP contribution in [0.4, 0.5) is 0 Å². The SMILES string of the molecule is Cc1cccc(CN2CCCCC2CBr)c1. The Bertz CT molecular complexity index is 337. The minimum Gasteiger partial charge on any atom is -0.295 e. The average Bonchev–Trinajstić information content (AvgIpc) is 2.30. The summed E-state index contributed by atoms with van der Waals surface area (Å²) in [6.07, 6.45) is 4.09. The van der Waals surface area contributed by atoms with Crippen LogP contribution < -0.4 is 0 Å². The van der Waals surface area contributed by atoms with Gasteiger partial charge in [-0.15, -0.1) is 0 Å². The largest absolute Gasteiger partial charge is 0.295 e. The second-order valence-corrected chi connectivity index (χ2v) is 5.41. The van der Waals surface area contributed by atoms with Crippen molar-refractivity contribution in [2.45, 2.75) is 38.8 Å². The number of hydrogen-bond donors (Lipinski definition) is 0. The predicted octanol–water partition coefficient (Wildman–Crippen LogP) is 3.74. The average molecular weight is 282 g/mol. The maximum atomic E-state index is 3.64. The molecule has 1 nitrogen and oxygen atoms in total. The van der Waals surface area contributed by atoms with Crippen LogP contribution in [0.3, 0.4) is 0 Å². The summed E-state index contributed by atoms with van der Waals surface area (Å²) in [4.78, 5) is 2.62. The van der Waals surface area contributed by atoms with Gasteiger partial charge in [0.05, 0.1) is 0 Å². The Kier molecular flexibility index (Phi) is 4.42. The van der Waals surface area contributed by atoms with Gasteiger partial charge in [0, 0.05) is 17.9 Å². The van der Waals surface area contributed by atoms with Crippen molar-refractivity contribution in [3.05, 3.63) is 35.4 Å². The van der Waals surface area contributed by atoms with Crippen LogP contribution in [0.2, 0.25) is 0 Å². The van der Waals surface area contributed by atoms with Gasteiger partial charge in [0.25, 0.3) is 0 Å². The van der Waals surface area contributed by atoms with E-state index in [-0.39, 0.29) is 0 Å². The number of alkyl halides is 1. The van der Waals surface area contributed by atoms with Crippen LogP contribution in [0.1, 0.15) is 30.4 Å². The van der Waals surface area contributed by atoms with E-state index >= 15 is 0 Å². The Morgan fingerprint density at radius 3 is 3.00 bits per heavy atom. The van der Waals surface area contributed by atoms with Gasteiger partial charge in [0.2, 0.25) is 0 Å². The summed E-state index contributed by atoms with van der Waals surface area (Å²) in [6, 6.07) is 9.61. The van der Waals surface area contributed by atoms with Gasteiger partial charge in [-0.25, -0.2) is 0 Å². The van der Waals surface area contributed by atoms with Crippen molar-refractivity contribution in [2.24, 2.45) is 0 Å². The summed E-state index contributed by atoms with van der Waals surface area (Å²) >= 11 is 3.64. The van der Waals surface area contributed by atoms with Crippen LogP contribution in [0.15, 0.2) is 24.3 Å². The zero-order valence-corrected chi connectivity index (χ0v) is 11.5. The molecule has 0 aromatic heterocycles. The third-order valence-electron chi connectivity index (χ3n) is 3.40. The van der Waals surface area contributed by atoms with Gasteiger partial charge in [-0.3, -0.25) is 4.90 Å². The monoisotopic (exact) mass is 281 g/mol. The van der Waals surface area contributed by atoms with Crippen molar-refractivity contribution in [1.29, 1.82) is 0 Å². The van der Waals surface area contributed by atoms with Crippen LogP contribution in [0.25, 0.3) is 0 Å². The molecule has 1 unspecified atom stereocenters. The maximum absolute atomic E-state index is 3.64. The van der Waals surface area contributed by atoms with E-state index in [1.807, 2.05) is 0 Å². The van der Waals surface area contributed by atoms with Gasteiger partial charge < -0.3 is 0 Å². The van der Waals surface area contributed by atoms with Gasteiger partial charge in [-0.05, 0) is 31.9 Å². The Hall–Kier alpha value is -0.340. The summed E-state index contributed by atoms with van der Waals surface area (Å²) in [5, 5.41) is 1.11. The van der Waals surface area contributed by atoms with E-state index < -0.39 is 0 Å². The molecule has 0 radical (unpaired) electrons. The van der Waals surface area contributed by atoms with Crippen LogP contribution in [0, 0.1) is 6.92 Å². The predicted molar refractivity (Wildman–Crippen MR) is 73.0 cm³/mol. The molecule has 88 valence electrons. The molecule has 0 N–H and O–H groups in total. The summed E-state index contributed by atoms with van der Waals surface area (Å²) in [7, 11) is 0. The molecular weight excluding hydrogens is 262 g/mol. The van der Waals surface area contributed by atoms with E-state index in [1.165, 1.54) is 36.9 Å². The number of aryl methyl sites for hydroxylation is 1. The summed E-state index contributed by atoms with van der Waals surface area (Å²) in [5.41, 5.74) is 2.82. The number of rotatable bonds is 3. The van der Waals surface area contributed by atoms with Crippen LogP contribution in [-0.2, 0) is 6.54 Å². The Morgan fingerprint density at radius 1 is 1.38 bits per heavy atom. The first kappa shape index (κ1) is 12.1. The topological polar surface area (TPSA) is 3.24 Å². The molecule has 2 rings (SSSR count). The van der Waals surface area contributed by atoms with E-state index in [0.29, 0.717) is 0 Å². The molecule has 16 heavy (non-hydrogen) atoms. The standard InChI is InChI=1S/C14H20BrN/c1-12-5-4-6-13(9-12)11-16-8-3-2-7-14(16)10-15/h4-6,9,14H,2-3,7-8,10-11H2,1H3. The summed E-state index contributed by atoms with van der Waals surface area (Å²) in [5.74, 6) is 0. The third kappa shape index (κ3) is 3.08. The van der Waals surface area contributed by atoms with Gasteiger partial charge >= 0.3 is 0 Å². The van der Waals surface area contributed by atoms with E-state index in [2.05, 4.69) is 52.0 Å². The van der Waals surface area contributed by atoms with Crippen molar-refractivity contribution < 1.29 is 0 Å². The lowest BCUT2D eigenvalue weighted by molar-refractivity contribution is 0.156. The molecule has 1 fully saturated rings. The molecule has 1 atom stereocenters. The molecule has 1 saturated heterocycles. The van der Waals surface area contributed by atoms with E-state index in [4.69, 9.17) is 0 Å². The molecule has 1 aromatic carbocycles. The van der Waals surface area contributed by atoms with Crippen LogP contribution in [0.5, 0.6) is 0 Å². The number of benzene rings is 1. The molecule has 0 saturated carbocycles. The van der Waals surface area contributed by atoms with Gasteiger partial charge in [-0.1, -0.05) is 52.2 Å². The van der Waals surface area contributed by atoms with Crippen molar-refractivity contribution >= 4 is 15.9 Å². The van der Waals surface area contributed by atoms with E-state index in [9.17, 15) is 0 Å². The fourth-order valence-electron chi connectivity index (χ4n) is 2.49.